The molecular weight excluding hydrogens is 761 g/mol. The Morgan fingerprint density at radius 2 is 0.984 bits per heavy atom. The third-order valence-electron chi connectivity index (χ3n) is 13.4. The number of anilines is 3. The predicted octanol–water partition coefficient (Wildman–Crippen LogP) is 16.2. The SMILES string of the molecule is C1=CCCC(C2(c3ccccc3)c3ccccc3-c3cc(-n4c5ccccc5c5ccc(-c6ccccc6-c6ccc(N(c7ccccc7)c7ccccc7)cc6)cc54)ccc32)=C1. The van der Waals surface area contributed by atoms with Gasteiger partial charge in [-0.25, -0.2) is 0 Å². The Kier molecular flexibility index (Phi) is 8.90. The molecule has 63 heavy (non-hydrogen) atoms. The van der Waals surface area contributed by atoms with Crippen molar-refractivity contribution in [1.29, 1.82) is 0 Å². The van der Waals surface area contributed by atoms with E-state index in [1.807, 2.05) is 0 Å². The average Bonchev–Trinajstić information content (AvgIpc) is 3.85. The third-order valence-corrected chi connectivity index (χ3v) is 13.4. The highest BCUT2D eigenvalue weighted by Gasteiger charge is 2.47. The number of aromatic nitrogens is 1. The highest BCUT2D eigenvalue weighted by molar-refractivity contribution is 6.10. The molecule has 0 bridgehead atoms. The number of nitrogens with zero attached hydrogens (tertiary/aromatic N) is 2. The molecule has 0 radical (unpaired) electrons. The molecule has 2 aliphatic rings. The minimum absolute atomic E-state index is 0.353. The van der Waals surface area contributed by atoms with Gasteiger partial charge in [-0.15, -0.1) is 0 Å². The third kappa shape index (κ3) is 5.94. The van der Waals surface area contributed by atoms with Gasteiger partial charge < -0.3 is 9.47 Å². The van der Waals surface area contributed by atoms with Crippen LogP contribution < -0.4 is 4.90 Å². The Bertz CT molecular complexity index is 3340. The summed E-state index contributed by atoms with van der Waals surface area (Å²) >= 11 is 0. The number of fused-ring (bicyclic) bond motifs is 6. The lowest BCUT2D eigenvalue weighted by Gasteiger charge is -2.36. The molecule has 9 aromatic carbocycles. The summed E-state index contributed by atoms with van der Waals surface area (Å²) < 4.78 is 2.49. The van der Waals surface area contributed by atoms with Gasteiger partial charge in [0, 0.05) is 33.5 Å². The zero-order chi connectivity index (χ0) is 41.7. The molecule has 0 aliphatic heterocycles. The summed E-state index contributed by atoms with van der Waals surface area (Å²) in [6, 6.07) is 82.5. The van der Waals surface area contributed by atoms with Crippen molar-refractivity contribution in [1.82, 2.24) is 4.57 Å². The Morgan fingerprint density at radius 3 is 1.70 bits per heavy atom. The molecule has 0 saturated carbocycles. The molecule has 1 unspecified atom stereocenters. The second-order valence-electron chi connectivity index (χ2n) is 16.7. The van der Waals surface area contributed by atoms with E-state index in [1.165, 1.54) is 83.1 Å². The molecule has 10 aromatic rings. The number of rotatable bonds is 8. The fraction of sp³-hybridized carbons (Fsp3) is 0.0492. The first kappa shape index (κ1) is 36.9. The standard InChI is InChI=1S/C61H44N2/c1-5-19-45(20-6-1)61(46-21-7-2-8-22-46)57-31-17-15-29-53(57)56-42-50(38-40-58(56)61)63-59-32-18-16-30-54(59)55-39-35-44(41-60(55)63)52-28-14-13-27-51(52)43-33-36-49(37-34-43)62(47-23-9-3-10-24-47)48-25-11-4-12-26-48/h1-7,9-21,23-42H,8,22H2. The van der Waals surface area contributed by atoms with Crippen LogP contribution in [0.1, 0.15) is 29.5 Å². The maximum absolute atomic E-state index is 2.49. The van der Waals surface area contributed by atoms with Gasteiger partial charge in [-0.3, -0.25) is 0 Å². The van der Waals surface area contributed by atoms with E-state index in [0.717, 1.165) is 29.9 Å². The van der Waals surface area contributed by atoms with Crippen molar-refractivity contribution in [2.24, 2.45) is 0 Å². The lowest BCUT2D eigenvalue weighted by atomic mass is 9.65. The summed E-state index contributed by atoms with van der Waals surface area (Å²) in [6.07, 6.45) is 9.01. The largest absolute Gasteiger partial charge is 0.311 e. The molecule has 0 N–H and O–H groups in total. The first-order valence-corrected chi connectivity index (χ1v) is 22.1. The topological polar surface area (TPSA) is 8.17 Å². The van der Waals surface area contributed by atoms with Crippen LogP contribution in [-0.2, 0) is 5.41 Å². The molecule has 1 atom stereocenters. The lowest BCUT2D eigenvalue weighted by molar-refractivity contribution is 0.693. The van der Waals surface area contributed by atoms with Crippen molar-refractivity contribution < 1.29 is 0 Å². The molecule has 298 valence electrons. The molecule has 2 aliphatic carbocycles. The van der Waals surface area contributed by atoms with Gasteiger partial charge in [0.2, 0.25) is 0 Å². The number of para-hydroxylation sites is 3. The Hall–Kier alpha value is -7.94. The van der Waals surface area contributed by atoms with E-state index < -0.39 is 0 Å². The second-order valence-corrected chi connectivity index (χ2v) is 16.7. The molecule has 0 spiro atoms. The Labute approximate surface area is 369 Å². The van der Waals surface area contributed by atoms with Crippen LogP contribution >= 0.6 is 0 Å². The monoisotopic (exact) mass is 804 g/mol. The van der Waals surface area contributed by atoms with E-state index in [0.29, 0.717) is 0 Å². The number of allylic oxidation sites excluding steroid dienone is 4. The van der Waals surface area contributed by atoms with E-state index >= 15 is 0 Å². The van der Waals surface area contributed by atoms with Crippen molar-refractivity contribution in [3.63, 3.8) is 0 Å². The zero-order valence-corrected chi connectivity index (χ0v) is 34.9. The van der Waals surface area contributed by atoms with Gasteiger partial charge >= 0.3 is 0 Å². The summed E-state index contributed by atoms with van der Waals surface area (Å²) in [5.41, 5.74) is 19.5. The molecule has 0 fully saturated rings. The molecule has 0 saturated heterocycles. The molecule has 1 heterocycles. The number of benzene rings is 9. The quantitative estimate of drug-likeness (QED) is 0.149. The molecule has 0 amide bonds. The van der Waals surface area contributed by atoms with Crippen LogP contribution in [-0.4, -0.2) is 4.57 Å². The van der Waals surface area contributed by atoms with E-state index in [9.17, 15) is 0 Å². The van der Waals surface area contributed by atoms with Gasteiger partial charge in [0.15, 0.2) is 0 Å². The van der Waals surface area contributed by atoms with Gasteiger partial charge in [-0.05, 0) is 124 Å². The molecule has 1 aromatic heterocycles. The minimum Gasteiger partial charge on any atom is -0.311 e. The van der Waals surface area contributed by atoms with Crippen LogP contribution in [0.3, 0.4) is 0 Å². The molecular formula is C61H44N2. The van der Waals surface area contributed by atoms with E-state index in [-0.39, 0.29) is 5.41 Å². The van der Waals surface area contributed by atoms with Crippen molar-refractivity contribution in [2.75, 3.05) is 4.90 Å². The van der Waals surface area contributed by atoms with Crippen molar-refractivity contribution in [3.05, 3.63) is 265 Å². The summed E-state index contributed by atoms with van der Waals surface area (Å²) in [7, 11) is 0. The van der Waals surface area contributed by atoms with E-state index in [2.05, 4.69) is 252 Å². The summed E-state index contributed by atoms with van der Waals surface area (Å²) in [6.45, 7) is 0. The van der Waals surface area contributed by atoms with Gasteiger partial charge in [-0.1, -0.05) is 188 Å². The van der Waals surface area contributed by atoms with Crippen LogP contribution in [0.15, 0.2) is 248 Å². The second kappa shape index (κ2) is 15.2. The zero-order valence-electron chi connectivity index (χ0n) is 34.9. The van der Waals surface area contributed by atoms with E-state index in [4.69, 9.17) is 0 Å². The molecule has 2 nitrogen and oxygen atoms in total. The van der Waals surface area contributed by atoms with Gasteiger partial charge in [0.25, 0.3) is 0 Å². The normalized spacial score (nSPS) is 15.3. The van der Waals surface area contributed by atoms with Crippen LogP contribution in [0.25, 0.3) is 60.9 Å². The van der Waals surface area contributed by atoms with Crippen LogP contribution in [0.5, 0.6) is 0 Å². The molecule has 2 heteroatoms. The summed E-state index contributed by atoms with van der Waals surface area (Å²) in [5, 5.41) is 2.50. The van der Waals surface area contributed by atoms with Crippen LogP contribution in [0.4, 0.5) is 17.1 Å². The highest BCUT2D eigenvalue weighted by Crippen LogP contribution is 2.58. The Balaban J connectivity index is 0.996. The fourth-order valence-corrected chi connectivity index (χ4v) is 10.7. The minimum atomic E-state index is -0.353. The molecule has 12 rings (SSSR count). The maximum Gasteiger partial charge on any atom is 0.0676 e. The van der Waals surface area contributed by atoms with Gasteiger partial charge in [0.1, 0.15) is 0 Å². The first-order chi connectivity index (χ1) is 31.3. The summed E-state index contributed by atoms with van der Waals surface area (Å²) in [4.78, 5) is 2.31. The maximum atomic E-state index is 2.49. The van der Waals surface area contributed by atoms with Gasteiger partial charge in [-0.2, -0.15) is 0 Å². The predicted molar refractivity (Wildman–Crippen MR) is 265 cm³/mol. The van der Waals surface area contributed by atoms with E-state index in [1.54, 1.807) is 0 Å². The van der Waals surface area contributed by atoms with Crippen LogP contribution in [0.2, 0.25) is 0 Å². The summed E-state index contributed by atoms with van der Waals surface area (Å²) in [5.74, 6) is 0. The van der Waals surface area contributed by atoms with Crippen molar-refractivity contribution in [3.8, 4) is 39.1 Å². The highest BCUT2D eigenvalue weighted by atomic mass is 15.1. The Morgan fingerprint density at radius 1 is 0.413 bits per heavy atom. The van der Waals surface area contributed by atoms with Crippen molar-refractivity contribution >= 4 is 38.9 Å². The number of hydrogen-bond donors (Lipinski definition) is 0. The first-order valence-electron chi connectivity index (χ1n) is 22.1. The average molecular weight is 805 g/mol. The lowest BCUT2D eigenvalue weighted by Crippen LogP contribution is -2.30. The smallest absolute Gasteiger partial charge is 0.0676 e. The number of hydrogen-bond acceptors (Lipinski definition) is 1. The van der Waals surface area contributed by atoms with Crippen molar-refractivity contribution in [2.45, 2.75) is 18.3 Å². The fourth-order valence-electron chi connectivity index (χ4n) is 10.7. The van der Waals surface area contributed by atoms with Gasteiger partial charge in [0.05, 0.1) is 16.4 Å². The van der Waals surface area contributed by atoms with Crippen LogP contribution in [0, 0.1) is 0 Å².